The first-order valence-corrected chi connectivity index (χ1v) is 15.6. The third kappa shape index (κ3) is 22.8. The predicted octanol–water partition coefficient (Wildman–Crippen LogP) is 5.34. The molecular formula is C31H59NO7. The van der Waals surface area contributed by atoms with Gasteiger partial charge in [0, 0.05) is 19.3 Å². The summed E-state index contributed by atoms with van der Waals surface area (Å²) in [5.41, 5.74) is 0. The van der Waals surface area contributed by atoms with E-state index in [2.05, 4.69) is 13.8 Å². The molecule has 2 atom stereocenters. The molecule has 0 saturated carbocycles. The first kappa shape index (κ1) is 37.3. The van der Waals surface area contributed by atoms with Crippen LogP contribution in [0.3, 0.4) is 0 Å². The highest BCUT2D eigenvalue weighted by Gasteiger charge is 2.25. The lowest BCUT2D eigenvalue weighted by atomic mass is 10.1. The van der Waals surface area contributed by atoms with Gasteiger partial charge in [0.2, 0.25) is 0 Å². The zero-order valence-electron chi connectivity index (χ0n) is 25.8. The van der Waals surface area contributed by atoms with E-state index in [4.69, 9.17) is 14.2 Å². The van der Waals surface area contributed by atoms with Crippen LogP contribution in [0.4, 0.5) is 0 Å². The molecule has 0 fully saturated rings. The number of nitrogens with zero attached hydrogens (tertiary/aromatic N) is 1. The SMILES string of the molecule is CCCCCCCCCCCCC(=O)OC(COCCC(C(=O)[O-])[N+](C)(C)C)COC(=O)CCCCCCC. The van der Waals surface area contributed by atoms with Crippen molar-refractivity contribution in [2.75, 3.05) is 41.0 Å². The van der Waals surface area contributed by atoms with Crippen LogP contribution in [0.1, 0.15) is 129 Å². The summed E-state index contributed by atoms with van der Waals surface area (Å²) in [6.07, 6.45) is 17.3. The monoisotopic (exact) mass is 557 g/mol. The van der Waals surface area contributed by atoms with Crippen molar-refractivity contribution in [3.63, 3.8) is 0 Å². The molecule has 8 nitrogen and oxygen atoms in total. The average Bonchev–Trinajstić information content (AvgIpc) is 2.86. The van der Waals surface area contributed by atoms with Gasteiger partial charge in [-0.25, -0.2) is 0 Å². The van der Waals surface area contributed by atoms with E-state index in [0.717, 1.165) is 51.4 Å². The van der Waals surface area contributed by atoms with Crippen LogP contribution in [0.25, 0.3) is 0 Å². The summed E-state index contributed by atoms with van der Waals surface area (Å²) in [7, 11) is 5.38. The van der Waals surface area contributed by atoms with E-state index in [9.17, 15) is 19.5 Å². The van der Waals surface area contributed by atoms with Crippen LogP contribution >= 0.6 is 0 Å². The fourth-order valence-corrected chi connectivity index (χ4v) is 4.48. The lowest BCUT2D eigenvalue weighted by Crippen LogP contribution is -2.55. The van der Waals surface area contributed by atoms with Crippen LogP contribution in [-0.4, -0.2) is 75.5 Å². The van der Waals surface area contributed by atoms with Gasteiger partial charge in [0.05, 0.1) is 40.3 Å². The molecule has 0 amide bonds. The second-order valence-electron chi connectivity index (χ2n) is 11.7. The Bertz CT molecular complexity index is 633. The number of likely N-dealkylation sites (N-methyl/N-ethyl adjacent to an activating group) is 1. The highest BCUT2D eigenvalue weighted by molar-refractivity contribution is 5.70. The average molecular weight is 558 g/mol. The maximum Gasteiger partial charge on any atom is 0.306 e. The number of carbonyl (C=O) groups is 3. The Labute approximate surface area is 238 Å². The predicted molar refractivity (Wildman–Crippen MR) is 153 cm³/mol. The molecule has 2 unspecified atom stereocenters. The summed E-state index contributed by atoms with van der Waals surface area (Å²) in [6, 6.07) is -0.715. The number of carbonyl (C=O) groups excluding carboxylic acids is 3. The highest BCUT2D eigenvalue weighted by Crippen LogP contribution is 2.13. The van der Waals surface area contributed by atoms with Crippen molar-refractivity contribution in [1.29, 1.82) is 0 Å². The van der Waals surface area contributed by atoms with E-state index in [1.54, 1.807) is 21.1 Å². The van der Waals surface area contributed by atoms with Crippen LogP contribution in [0, 0.1) is 0 Å². The quantitative estimate of drug-likeness (QED) is 0.0763. The van der Waals surface area contributed by atoms with Crippen LogP contribution < -0.4 is 5.11 Å². The number of ether oxygens (including phenoxy) is 3. The van der Waals surface area contributed by atoms with Gasteiger partial charge in [0.25, 0.3) is 0 Å². The molecule has 0 saturated heterocycles. The molecule has 0 N–H and O–H groups in total. The third-order valence-corrected chi connectivity index (χ3v) is 6.99. The molecule has 0 aromatic carbocycles. The van der Waals surface area contributed by atoms with E-state index in [0.29, 0.717) is 12.8 Å². The van der Waals surface area contributed by atoms with Crippen molar-refractivity contribution in [1.82, 2.24) is 0 Å². The summed E-state index contributed by atoms with van der Waals surface area (Å²) < 4.78 is 16.9. The lowest BCUT2D eigenvalue weighted by molar-refractivity contribution is -0.889. The van der Waals surface area contributed by atoms with Crippen molar-refractivity contribution in [2.45, 2.75) is 142 Å². The Morgan fingerprint density at radius 2 is 1.13 bits per heavy atom. The molecular weight excluding hydrogens is 498 g/mol. The Morgan fingerprint density at radius 3 is 1.59 bits per heavy atom. The van der Waals surface area contributed by atoms with Crippen molar-refractivity contribution in [3.05, 3.63) is 0 Å². The number of carboxylic acid groups (broad SMARTS) is 1. The fourth-order valence-electron chi connectivity index (χ4n) is 4.48. The second-order valence-corrected chi connectivity index (χ2v) is 11.7. The Kier molecular flexibility index (Phi) is 23.1. The van der Waals surface area contributed by atoms with Gasteiger partial charge in [-0.3, -0.25) is 9.59 Å². The molecule has 0 aromatic rings. The smallest absolute Gasteiger partial charge is 0.306 e. The standard InChI is InChI=1S/C31H59NO7/c1-6-8-10-12-13-14-15-16-18-20-22-30(34)39-27(26-38-29(33)21-19-17-11-9-7-2)25-37-24-23-28(31(35)36)32(3,4)5/h27-28H,6-26H2,1-5H3. The van der Waals surface area contributed by atoms with Crippen LogP contribution in [0.15, 0.2) is 0 Å². The number of rotatable bonds is 27. The van der Waals surface area contributed by atoms with Crippen molar-refractivity contribution >= 4 is 17.9 Å². The highest BCUT2D eigenvalue weighted by atomic mass is 16.6. The van der Waals surface area contributed by atoms with E-state index < -0.39 is 18.1 Å². The summed E-state index contributed by atoms with van der Waals surface area (Å²) in [5.74, 6) is -1.75. The third-order valence-electron chi connectivity index (χ3n) is 6.99. The minimum absolute atomic E-state index is 0.0461. The van der Waals surface area contributed by atoms with Gasteiger partial charge in [-0.15, -0.1) is 0 Å². The number of esters is 2. The number of aliphatic carboxylic acids is 1. The van der Waals surface area contributed by atoms with E-state index in [1.807, 2.05) is 0 Å². The zero-order chi connectivity index (χ0) is 29.4. The van der Waals surface area contributed by atoms with Crippen molar-refractivity contribution in [3.8, 4) is 0 Å². The van der Waals surface area contributed by atoms with Crippen molar-refractivity contribution < 1.29 is 38.2 Å². The maximum atomic E-state index is 12.5. The molecule has 0 aromatic heterocycles. The number of hydrogen-bond donors (Lipinski definition) is 0. The van der Waals surface area contributed by atoms with Gasteiger partial charge < -0.3 is 28.6 Å². The van der Waals surface area contributed by atoms with Gasteiger partial charge in [-0.1, -0.05) is 97.3 Å². The lowest BCUT2D eigenvalue weighted by Gasteiger charge is -2.34. The minimum atomic E-state index is -1.13. The molecule has 8 heteroatoms. The van der Waals surface area contributed by atoms with Gasteiger partial charge >= 0.3 is 11.9 Å². The summed E-state index contributed by atoms with van der Waals surface area (Å²) in [5, 5.41) is 11.5. The van der Waals surface area contributed by atoms with Crippen LogP contribution in [0.2, 0.25) is 0 Å². The molecule has 0 aliphatic heterocycles. The van der Waals surface area contributed by atoms with Gasteiger partial charge in [-0.05, 0) is 12.8 Å². The molecule has 230 valence electrons. The topological polar surface area (TPSA) is 102 Å². The summed E-state index contributed by atoms with van der Waals surface area (Å²) in [6.45, 7) is 4.54. The maximum absolute atomic E-state index is 12.5. The van der Waals surface area contributed by atoms with E-state index in [-0.39, 0.29) is 42.7 Å². The van der Waals surface area contributed by atoms with Gasteiger partial charge in [0.1, 0.15) is 12.6 Å². The Hall–Kier alpha value is -1.67. The molecule has 0 aliphatic rings. The van der Waals surface area contributed by atoms with Gasteiger partial charge in [-0.2, -0.15) is 0 Å². The normalized spacial score (nSPS) is 13.2. The molecule has 0 heterocycles. The van der Waals surface area contributed by atoms with Crippen LogP contribution in [0.5, 0.6) is 0 Å². The number of unbranched alkanes of at least 4 members (excludes halogenated alkanes) is 13. The molecule has 0 spiro atoms. The number of quaternary nitrogens is 1. The van der Waals surface area contributed by atoms with Crippen LogP contribution in [-0.2, 0) is 28.6 Å². The molecule has 0 radical (unpaired) electrons. The Morgan fingerprint density at radius 1 is 0.667 bits per heavy atom. The van der Waals surface area contributed by atoms with Gasteiger partial charge in [0.15, 0.2) is 6.10 Å². The largest absolute Gasteiger partial charge is 0.544 e. The van der Waals surface area contributed by atoms with E-state index in [1.165, 1.54) is 44.9 Å². The number of hydrogen-bond acceptors (Lipinski definition) is 7. The molecule has 0 aliphatic carbocycles. The number of carboxylic acids is 1. The zero-order valence-corrected chi connectivity index (χ0v) is 25.8. The molecule has 0 rings (SSSR count). The molecule has 0 bridgehead atoms. The fraction of sp³-hybridized carbons (Fsp3) is 0.903. The van der Waals surface area contributed by atoms with Crippen molar-refractivity contribution in [2.24, 2.45) is 0 Å². The minimum Gasteiger partial charge on any atom is -0.544 e. The Balaban J connectivity index is 4.48. The van der Waals surface area contributed by atoms with E-state index >= 15 is 0 Å². The second kappa shape index (κ2) is 24.2. The summed E-state index contributed by atoms with van der Waals surface area (Å²) in [4.78, 5) is 36.1. The summed E-state index contributed by atoms with van der Waals surface area (Å²) >= 11 is 0. The first-order valence-electron chi connectivity index (χ1n) is 15.6. The first-order chi connectivity index (χ1) is 18.6. The molecule has 39 heavy (non-hydrogen) atoms.